The molecule has 0 radical (unpaired) electrons. The smallest absolute Gasteiger partial charge is 0.251 e. The van der Waals surface area contributed by atoms with Crippen molar-refractivity contribution in [2.75, 3.05) is 20.1 Å². The molecule has 0 fully saturated rings. The summed E-state index contributed by atoms with van der Waals surface area (Å²) in [5.74, 6) is 0.719. The van der Waals surface area contributed by atoms with Crippen LogP contribution in [0.15, 0.2) is 16.7 Å². The number of halogens is 2. The molecule has 16 heavy (non-hydrogen) atoms. The minimum atomic E-state index is -2.30. The van der Waals surface area contributed by atoms with Crippen LogP contribution in [0.4, 0.5) is 8.78 Å². The molecule has 1 heterocycles. The van der Waals surface area contributed by atoms with Gasteiger partial charge in [-0.2, -0.15) is 0 Å². The summed E-state index contributed by atoms with van der Waals surface area (Å²) in [4.78, 5) is 1.54. The highest BCUT2D eigenvalue weighted by atomic mass is 19.3. The maximum absolute atomic E-state index is 12.1. The Labute approximate surface area is 94.4 Å². The van der Waals surface area contributed by atoms with E-state index in [9.17, 15) is 8.78 Å². The third-order valence-corrected chi connectivity index (χ3v) is 2.16. The lowest BCUT2D eigenvalue weighted by Crippen LogP contribution is -2.23. The van der Waals surface area contributed by atoms with Crippen LogP contribution in [-0.4, -0.2) is 31.5 Å². The third kappa shape index (κ3) is 4.72. The van der Waals surface area contributed by atoms with Gasteiger partial charge in [-0.1, -0.05) is 6.92 Å². The highest BCUT2D eigenvalue weighted by Gasteiger charge is 2.10. The van der Waals surface area contributed by atoms with Crippen molar-refractivity contribution < 1.29 is 13.2 Å². The molecule has 0 atom stereocenters. The van der Waals surface area contributed by atoms with E-state index in [4.69, 9.17) is 4.42 Å². The Morgan fingerprint density at radius 3 is 2.88 bits per heavy atom. The molecule has 0 spiro atoms. The highest BCUT2D eigenvalue weighted by molar-refractivity contribution is 5.12. The molecule has 0 aliphatic heterocycles. The van der Waals surface area contributed by atoms with E-state index in [1.807, 2.05) is 13.0 Å². The molecule has 0 unspecified atom stereocenters. The molecule has 3 nitrogen and oxygen atoms in total. The summed E-state index contributed by atoms with van der Waals surface area (Å²) in [5, 5.41) is 3.17. The fraction of sp³-hybridized carbons (Fsp3) is 0.636. The van der Waals surface area contributed by atoms with Crippen molar-refractivity contribution >= 4 is 0 Å². The van der Waals surface area contributed by atoms with Crippen LogP contribution in [0.25, 0.3) is 0 Å². The second-order valence-electron chi connectivity index (χ2n) is 3.79. The molecule has 1 aromatic rings. The normalized spacial score (nSPS) is 11.6. The Kier molecular flexibility index (Phi) is 5.42. The summed E-state index contributed by atoms with van der Waals surface area (Å²) in [6, 6.07) is 1.89. The van der Waals surface area contributed by atoms with Gasteiger partial charge in [-0.25, -0.2) is 8.78 Å². The van der Waals surface area contributed by atoms with Gasteiger partial charge in [-0.3, -0.25) is 4.90 Å². The maximum Gasteiger partial charge on any atom is 0.251 e. The topological polar surface area (TPSA) is 28.4 Å². The van der Waals surface area contributed by atoms with Gasteiger partial charge in [0.25, 0.3) is 6.43 Å². The van der Waals surface area contributed by atoms with E-state index in [0.29, 0.717) is 6.54 Å². The first-order chi connectivity index (χ1) is 7.61. The first kappa shape index (κ1) is 13.1. The zero-order valence-electron chi connectivity index (χ0n) is 9.67. The molecule has 92 valence electrons. The SMILES string of the molecule is CCNCc1coc(CN(C)CC(F)F)c1. The summed E-state index contributed by atoms with van der Waals surface area (Å²) in [6.07, 6.45) is -0.644. The highest BCUT2D eigenvalue weighted by Crippen LogP contribution is 2.10. The minimum absolute atomic E-state index is 0.233. The molecule has 1 aromatic heterocycles. The van der Waals surface area contributed by atoms with Gasteiger partial charge in [0.05, 0.1) is 19.4 Å². The minimum Gasteiger partial charge on any atom is -0.468 e. The Bertz CT molecular complexity index is 302. The predicted octanol–water partition coefficient (Wildman–Crippen LogP) is 2.09. The largest absolute Gasteiger partial charge is 0.468 e. The van der Waals surface area contributed by atoms with Crippen molar-refractivity contribution in [3.8, 4) is 0 Å². The van der Waals surface area contributed by atoms with Crippen LogP contribution >= 0.6 is 0 Å². The molecule has 0 saturated carbocycles. The zero-order chi connectivity index (χ0) is 12.0. The summed E-state index contributed by atoms with van der Waals surface area (Å²) in [5.41, 5.74) is 1.04. The van der Waals surface area contributed by atoms with E-state index in [1.54, 1.807) is 18.2 Å². The van der Waals surface area contributed by atoms with Gasteiger partial charge in [0.1, 0.15) is 5.76 Å². The van der Waals surface area contributed by atoms with Crippen molar-refractivity contribution in [3.05, 3.63) is 23.7 Å². The average molecular weight is 232 g/mol. The van der Waals surface area contributed by atoms with Gasteiger partial charge in [0.2, 0.25) is 0 Å². The van der Waals surface area contributed by atoms with Gasteiger partial charge in [0.15, 0.2) is 0 Å². The number of nitrogens with zero attached hydrogens (tertiary/aromatic N) is 1. The van der Waals surface area contributed by atoms with Crippen LogP contribution in [-0.2, 0) is 13.1 Å². The Morgan fingerprint density at radius 2 is 2.25 bits per heavy atom. The molecule has 1 N–H and O–H groups in total. The van der Waals surface area contributed by atoms with Crippen LogP contribution in [0, 0.1) is 0 Å². The van der Waals surface area contributed by atoms with E-state index in [2.05, 4.69) is 5.32 Å². The quantitative estimate of drug-likeness (QED) is 0.780. The first-order valence-electron chi connectivity index (χ1n) is 5.35. The summed E-state index contributed by atoms with van der Waals surface area (Å²) >= 11 is 0. The molecule has 1 rings (SSSR count). The standard InChI is InChI=1S/C11H18F2N2O/c1-3-14-5-9-4-10(16-8-9)6-15(2)7-11(12)13/h4,8,11,14H,3,5-7H2,1-2H3. The monoisotopic (exact) mass is 232 g/mol. The molecular formula is C11H18F2N2O. The molecule has 0 bridgehead atoms. The molecule has 0 aromatic carbocycles. The van der Waals surface area contributed by atoms with Crippen molar-refractivity contribution in [2.24, 2.45) is 0 Å². The summed E-state index contributed by atoms with van der Waals surface area (Å²) < 4.78 is 29.4. The Balaban J connectivity index is 2.39. The second-order valence-corrected chi connectivity index (χ2v) is 3.79. The zero-order valence-corrected chi connectivity index (χ0v) is 9.67. The van der Waals surface area contributed by atoms with Gasteiger partial charge < -0.3 is 9.73 Å². The molecule has 0 aliphatic carbocycles. The number of rotatable bonds is 7. The van der Waals surface area contributed by atoms with Crippen molar-refractivity contribution in [2.45, 2.75) is 26.4 Å². The lowest BCUT2D eigenvalue weighted by Gasteiger charge is -2.13. The molecule has 0 amide bonds. The fourth-order valence-electron chi connectivity index (χ4n) is 1.44. The number of hydrogen-bond donors (Lipinski definition) is 1. The predicted molar refractivity (Wildman–Crippen MR) is 58.4 cm³/mol. The second kappa shape index (κ2) is 6.60. The van der Waals surface area contributed by atoms with Crippen LogP contribution in [0.3, 0.4) is 0 Å². The molecule has 5 heteroatoms. The fourth-order valence-corrected chi connectivity index (χ4v) is 1.44. The van der Waals surface area contributed by atoms with E-state index < -0.39 is 6.43 Å². The lowest BCUT2D eigenvalue weighted by molar-refractivity contribution is 0.0946. The van der Waals surface area contributed by atoms with Crippen LogP contribution < -0.4 is 5.32 Å². The summed E-state index contributed by atoms with van der Waals surface area (Å²) in [6.45, 7) is 3.85. The molecule has 0 saturated heterocycles. The van der Waals surface area contributed by atoms with Gasteiger partial charge >= 0.3 is 0 Å². The number of furan rings is 1. The van der Waals surface area contributed by atoms with Gasteiger partial charge in [-0.15, -0.1) is 0 Å². The Morgan fingerprint density at radius 1 is 1.50 bits per heavy atom. The molecular weight excluding hydrogens is 214 g/mol. The number of alkyl halides is 2. The molecule has 0 aliphatic rings. The van der Waals surface area contributed by atoms with Crippen LogP contribution in [0.1, 0.15) is 18.2 Å². The van der Waals surface area contributed by atoms with Crippen molar-refractivity contribution in [3.63, 3.8) is 0 Å². The third-order valence-electron chi connectivity index (χ3n) is 2.16. The summed E-state index contributed by atoms with van der Waals surface area (Å²) in [7, 11) is 1.65. The van der Waals surface area contributed by atoms with E-state index in [1.165, 1.54) is 0 Å². The van der Waals surface area contributed by atoms with Crippen LogP contribution in [0.5, 0.6) is 0 Å². The van der Waals surface area contributed by atoms with Gasteiger partial charge in [-0.05, 0) is 19.7 Å². The maximum atomic E-state index is 12.1. The van der Waals surface area contributed by atoms with E-state index in [0.717, 1.165) is 24.4 Å². The lowest BCUT2D eigenvalue weighted by atomic mass is 10.3. The van der Waals surface area contributed by atoms with Crippen molar-refractivity contribution in [1.29, 1.82) is 0 Å². The number of nitrogens with one attached hydrogen (secondary N) is 1. The number of hydrogen-bond acceptors (Lipinski definition) is 3. The van der Waals surface area contributed by atoms with E-state index in [-0.39, 0.29) is 6.54 Å². The van der Waals surface area contributed by atoms with Crippen molar-refractivity contribution in [1.82, 2.24) is 10.2 Å². The van der Waals surface area contributed by atoms with Crippen LogP contribution in [0.2, 0.25) is 0 Å². The Hall–Kier alpha value is -0.940. The average Bonchev–Trinajstić information content (AvgIpc) is 2.61. The first-order valence-corrected chi connectivity index (χ1v) is 5.35. The van der Waals surface area contributed by atoms with Gasteiger partial charge in [0, 0.05) is 12.1 Å². The van der Waals surface area contributed by atoms with E-state index >= 15 is 0 Å².